The van der Waals surface area contributed by atoms with Crippen molar-refractivity contribution in [2.45, 2.75) is 24.8 Å². The molecule has 0 radical (unpaired) electrons. The van der Waals surface area contributed by atoms with E-state index in [9.17, 15) is 10.1 Å². The predicted molar refractivity (Wildman–Crippen MR) is 58.0 cm³/mol. The quantitative estimate of drug-likeness (QED) is 0.635. The van der Waals surface area contributed by atoms with Crippen molar-refractivity contribution >= 4 is 17.3 Å². The molecule has 15 heavy (non-hydrogen) atoms. The second-order valence-electron chi connectivity index (χ2n) is 4.07. The Morgan fingerprint density at radius 2 is 2.20 bits per heavy atom. The minimum atomic E-state index is -0.453. The van der Waals surface area contributed by atoms with Crippen LogP contribution in [0.1, 0.15) is 18.4 Å². The molecule has 1 saturated carbocycles. The molecule has 1 aliphatic carbocycles. The van der Waals surface area contributed by atoms with Gasteiger partial charge in [0.05, 0.1) is 9.95 Å². The van der Waals surface area contributed by atoms with Gasteiger partial charge in [0.25, 0.3) is 5.69 Å². The van der Waals surface area contributed by atoms with Gasteiger partial charge in [0, 0.05) is 17.7 Å². The molecule has 0 spiro atoms. The van der Waals surface area contributed by atoms with Gasteiger partial charge in [-0.25, -0.2) is 0 Å². The Kier molecular flexibility index (Phi) is 2.40. The molecule has 2 rings (SSSR count). The van der Waals surface area contributed by atoms with Crippen molar-refractivity contribution in [1.29, 1.82) is 0 Å². The molecule has 2 N–H and O–H groups in total. The monoisotopic (exact) mass is 226 g/mol. The number of nitro benzene ring substituents is 1. The molecule has 1 aromatic carbocycles. The molecule has 0 amide bonds. The van der Waals surface area contributed by atoms with Gasteiger partial charge in [0.2, 0.25) is 0 Å². The summed E-state index contributed by atoms with van der Waals surface area (Å²) in [5, 5.41) is 10.9. The third-order valence-corrected chi connectivity index (χ3v) is 3.03. The Balaban J connectivity index is 2.22. The Hall–Kier alpha value is -1.13. The molecular weight excluding hydrogens is 216 g/mol. The summed E-state index contributed by atoms with van der Waals surface area (Å²) >= 11 is 5.95. The fourth-order valence-electron chi connectivity index (χ4n) is 1.51. The molecule has 0 bridgehead atoms. The summed E-state index contributed by atoms with van der Waals surface area (Å²) < 4.78 is 0. The van der Waals surface area contributed by atoms with Gasteiger partial charge in [-0.05, 0) is 24.8 Å². The summed E-state index contributed by atoms with van der Waals surface area (Å²) in [5.41, 5.74) is 6.74. The first-order valence-corrected chi connectivity index (χ1v) is 5.10. The van der Waals surface area contributed by atoms with E-state index in [2.05, 4.69) is 0 Å². The molecule has 1 fully saturated rings. The van der Waals surface area contributed by atoms with E-state index in [0.717, 1.165) is 18.4 Å². The van der Waals surface area contributed by atoms with Crippen molar-refractivity contribution in [3.63, 3.8) is 0 Å². The van der Waals surface area contributed by atoms with Crippen LogP contribution < -0.4 is 5.73 Å². The number of rotatable bonds is 3. The number of nitrogens with two attached hydrogens (primary N) is 1. The molecule has 1 aliphatic rings. The summed E-state index contributed by atoms with van der Waals surface area (Å²) in [6, 6.07) is 4.53. The summed E-state index contributed by atoms with van der Waals surface area (Å²) in [6.45, 7) is 0. The molecule has 80 valence electrons. The molecule has 0 aromatic heterocycles. The lowest BCUT2D eigenvalue weighted by molar-refractivity contribution is -0.384. The molecule has 0 unspecified atom stereocenters. The summed E-state index contributed by atoms with van der Waals surface area (Å²) in [4.78, 5) is 10.0. The molecule has 0 atom stereocenters. The van der Waals surface area contributed by atoms with Crippen LogP contribution in [-0.4, -0.2) is 10.5 Å². The van der Waals surface area contributed by atoms with E-state index < -0.39 is 4.92 Å². The Labute approximate surface area is 92.2 Å². The summed E-state index contributed by atoms with van der Waals surface area (Å²) in [5.74, 6) is 0. The third kappa shape index (κ3) is 2.27. The fourth-order valence-corrected chi connectivity index (χ4v) is 1.75. The highest BCUT2D eigenvalue weighted by molar-refractivity contribution is 6.31. The second kappa shape index (κ2) is 3.47. The first kappa shape index (κ1) is 10.4. The maximum atomic E-state index is 10.5. The van der Waals surface area contributed by atoms with Crippen molar-refractivity contribution in [1.82, 2.24) is 0 Å². The SMILES string of the molecule is NC1(Cc2ccc([N+](=O)[O-])cc2Cl)CC1. The highest BCUT2D eigenvalue weighted by atomic mass is 35.5. The van der Waals surface area contributed by atoms with Crippen molar-refractivity contribution in [2.24, 2.45) is 5.73 Å². The molecule has 0 saturated heterocycles. The summed E-state index contributed by atoms with van der Waals surface area (Å²) in [7, 11) is 0. The van der Waals surface area contributed by atoms with Gasteiger partial charge in [-0.2, -0.15) is 0 Å². The zero-order chi connectivity index (χ0) is 11.1. The van der Waals surface area contributed by atoms with Crippen molar-refractivity contribution in [2.75, 3.05) is 0 Å². The topological polar surface area (TPSA) is 69.2 Å². The smallest absolute Gasteiger partial charge is 0.270 e. The van der Waals surface area contributed by atoms with E-state index in [1.807, 2.05) is 0 Å². The number of non-ortho nitro benzene ring substituents is 1. The van der Waals surface area contributed by atoms with Crippen LogP contribution in [0.15, 0.2) is 18.2 Å². The van der Waals surface area contributed by atoms with Crippen LogP contribution in [0.5, 0.6) is 0 Å². The molecule has 0 heterocycles. The third-order valence-electron chi connectivity index (χ3n) is 2.68. The van der Waals surface area contributed by atoms with Crippen LogP contribution in [0.3, 0.4) is 0 Å². The Morgan fingerprint density at radius 1 is 1.53 bits per heavy atom. The average molecular weight is 227 g/mol. The number of hydrogen-bond donors (Lipinski definition) is 1. The Bertz CT molecular complexity index is 416. The fraction of sp³-hybridized carbons (Fsp3) is 0.400. The van der Waals surface area contributed by atoms with E-state index in [0.29, 0.717) is 11.4 Å². The van der Waals surface area contributed by atoms with Crippen LogP contribution in [0, 0.1) is 10.1 Å². The van der Waals surface area contributed by atoms with Crippen LogP contribution in [0.4, 0.5) is 5.69 Å². The zero-order valence-corrected chi connectivity index (χ0v) is 8.83. The number of halogens is 1. The lowest BCUT2D eigenvalue weighted by atomic mass is 10.0. The molecule has 0 aliphatic heterocycles. The number of nitro groups is 1. The van der Waals surface area contributed by atoms with E-state index in [4.69, 9.17) is 17.3 Å². The Morgan fingerprint density at radius 3 is 2.67 bits per heavy atom. The molecule has 1 aromatic rings. The molecular formula is C10H11ClN2O2. The van der Waals surface area contributed by atoms with Crippen LogP contribution in [0.2, 0.25) is 5.02 Å². The maximum absolute atomic E-state index is 10.5. The lowest BCUT2D eigenvalue weighted by Crippen LogP contribution is -2.24. The van der Waals surface area contributed by atoms with Crippen molar-refractivity contribution in [3.05, 3.63) is 38.9 Å². The van der Waals surface area contributed by atoms with Gasteiger partial charge in [0.15, 0.2) is 0 Å². The van der Waals surface area contributed by atoms with Crippen LogP contribution in [0.25, 0.3) is 0 Å². The standard InChI is InChI=1S/C10H11ClN2O2/c11-9-5-8(13(14)15)2-1-7(9)6-10(12)3-4-10/h1-2,5H,3-4,6,12H2. The predicted octanol–water partition coefficient (Wildman–Crippen LogP) is 2.28. The first-order valence-electron chi connectivity index (χ1n) is 4.72. The van der Waals surface area contributed by atoms with E-state index in [1.54, 1.807) is 6.07 Å². The van der Waals surface area contributed by atoms with Gasteiger partial charge in [-0.1, -0.05) is 17.7 Å². The maximum Gasteiger partial charge on any atom is 0.270 e. The molecule has 5 heteroatoms. The van der Waals surface area contributed by atoms with Gasteiger partial charge in [-0.15, -0.1) is 0 Å². The number of nitrogens with zero attached hydrogens (tertiary/aromatic N) is 1. The highest BCUT2D eigenvalue weighted by Crippen LogP contribution is 2.37. The van der Waals surface area contributed by atoms with Gasteiger partial charge >= 0.3 is 0 Å². The minimum Gasteiger partial charge on any atom is -0.325 e. The molecule has 4 nitrogen and oxygen atoms in total. The minimum absolute atomic E-state index is 0.0191. The zero-order valence-electron chi connectivity index (χ0n) is 8.07. The average Bonchev–Trinajstić information content (AvgIpc) is 2.87. The normalized spacial score (nSPS) is 17.5. The first-order chi connectivity index (χ1) is 7.00. The van der Waals surface area contributed by atoms with Crippen LogP contribution >= 0.6 is 11.6 Å². The lowest BCUT2D eigenvalue weighted by Gasteiger charge is -2.09. The largest absolute Gasteiger partial charge is 0.325 e. The van der Waals surface area contributed by atoms with Gasteiger partial charge < -0.3 is 5.73 Å². The van der Waals surface area contributed by atoms with E-state index in [-0.39, 0.29) is 11.2 Å². The highest BCUT2D eigenvalue weighted by Gasteiger charge is 2.38. The van der Waals surface area contributed by atoms with Gasteiger partial charge in [0.1, 0.15) is 0 Å². The number of benzene rings is 1. The second-order valence-corrected chi connectivity index (χ2v) is 4.48. The summed E-state index contributed by atoms with van der Waals surface area (Å²) in [6.07, 6.45) is 2.70. The number of hydrogen-bond acceptors (Lipinski definition) is 3. The van der Waals surface area contributed by atoms with Crippen LogP contribution in [-0.2, 0) is 6.42 Å². The van der Waals surface area contributed by atoms with E-state index in [1.165, 1.54) is 12.1 Å². The van der Waals surface area contributed by atoms with Crippen molar-refractivity contribution < 1.29 is 4.92 Å². The van der Waals surface area contributed by atoms with Crippen molar-refractivity contribution in [3.8, 4) is 0 Å². The van der Waals surface area contributed by atoms with E-state index >= 15 is 0 Å². The van der Waals surface area contributed by atoms with Gasteiger partial charge in [-0.3, -0.25) is 10.1 Å².